The third-order valence-electron chi connectivity index (χ3n) is 5.91. The van der Waals surface area contributed by atoms with Gasteiger partial charge in [-0.2, -0.15) is 0 Å². The minimum absolute atomic E-state index is 0.0925. The fourth-order valence-corrected chi connectivity index (χ4v) is 6.13. The van der Waals surface area contributed by atoms with Gasteiger partial charge in [-0.25, -0.2) is 17.7 Å². The Bertz CT molecular complexity index is 996. The molecule has 1 aromatic carbocycles. The zero-order valence-electron chi connectivity index (χ0n) is 17.0. The number of hydrogen-bond donors (Lipinski definition) is 0. The Morgan fingerprint density at radius 3 is 2.66 bits per heavy atom. The van der Waals surface area contributed by atoms with Crippen molar-refractivity contribution in [1.29, 1.82) is 0 Å². The number of hydrogen-bond acceptors (Lipinski definition) is 6. The number of rotatable bonds is 4. The van der Waals surface area contributed by atoms with E-state index in [1.54, 1.807) is 11.3 Å². The molecule has 4 rings (SSSR count). The molecule has 0 radical (unpaired) electrons. The van der Waals surface area contributed by atoms with Crippen molar-refractivity contribution in [2.45, 2.75) is 26.2 Å². The molecule has 2 aromatic rings. The highest BCUT2D eigenvalue weighted by Crippen LogP contribution is 2.30. The first-order chi connectivity index (χ1) is 13.8. The summed E-state index contributed by atoms with van der Waals surface area (Å²) in [6, 6.07) is 6.43. The van der Waals surface area contributed by atoms with Crippen LogP contribution in [0.25, 0.3) is 10.2 Å². The Hall–Kier alpha value is -1.71. The van der Waals surface area contributed by atoms with Gasteiger partial charge >= 0.3 is 0 Å². The van der Waals surface area contributed by atoms with E-state index in [1.165, 1.54) is 20.8 Å². The van der Waals surface area contributed by atoms with Crippen molar-refractivity contribution in [1.82, 2.24) is 14.2 Å². The molecule has 0 saturated carbocycles. The van der Waals surface area contributed by atoms with Gasteiger partial charge in [-0.3, -0.25) is 4.79 Å². The van der Waals surface area contributed by atoms with Gasteiger partial charge in [0.25, 0.3) is 0 Å². The van der Waals surface area contributed by atoms with Crippen LogP contribution in [-0.2, 0) is 21.2 Å². The molecular weight excluding hydrogens is 408 g/mol. The highest BCUT2D eigenvalue weighted by atomic mass is 32.2. The molecule has 1 unspecified atom stereocenters. The standard InChI is InChI=1S/C20H28N4O3S2/c1-3-15-6-7-17-18(13-15)28-20(21-17)23-11-9-22(10-12-23)19(25)16-5-4-8-24(14-16)29(2,26)27/h6-7,13,16H,3-5,8-12,14H2,1-2H3. The molecule has 1 aromatic heterocycles. The SMILES string of the molecule is CCc1ccc2nc(N3CCN(C(=O)C4CCCN(S(C)(=O)=O)C4)CC3)sc2c1. The summed E-state index contributed by atoms with van der Waals surface area (Å²) in [7, 11) is -3.24. The minimum Gasteiger partial charge on any atom is -0.345 e. The minimum atomic E-state index is -3.24. The number of aromatic nitrogens is 1. The van der Waals surface area contributed by atoms with Gasteiger partial charge in [0.1, 0.15) is 0 Å². The van der Waals surface area contributed by atoms with Crippen molar-refractivity contribution >= 4 is 42.6 Å². The van der Waals surface area contributed by atoms with E-state index in [0.29, 0.717) is 26.2 Å². The zero-order chi connectivity index (χ0) is 20.6. The van der Waals surface area contributed by atoms with E-state index >= 15 is 0 Å². The number of thiazole rings is 1. The van der Waals surface area contributed by atoms with Gasteiger partial charge in [-0.05, 0) is 37.0 Å². The Kier molecular flexibility index (Phi) is 5.81. The molecule has 29 heavy (non-hydrogen) atoms. The predicted octanol–water partition coefficient (Wildman–Crippen LogP) is 2.18. The second-order valence-corrected chi connectivity index (χ2v) is 10.9. The maximum absolute atomic E-state index is 13.0. The lowest BCUT2D eigenvalue weighted by atomic mass is 9.98. The summed E-state index contributed by atoms with van der Waals surface area (Å²) in [5.74, 6) is -0.130. The molecule has 2 aliphatic heterocycles. The van der Waals surface area contributed by atoms with Gasteiger partial charge in [0, 0.05) is 39.3 Å². The molecule has 1 atom stereocenters. The normalized spacial score (nSPS) is 21.7. The summed E-state index contributed by atoms with van der Waals surface area (Å²) in [4.78, 5) is 21.9. The van der Waals surface area contributed by atoms with Gasteiger partial charge in [-0.15, -0.1) is 0 Å². The average Bonchev–Trinajstić information content (AvgIpc) is 3.16. The van der Waals surface area contributed by atoms with Gasteiger partial charge in [0.2, 0.25) is 15.9 Å². The molecule has 2 fully saturated rings. The number of sulfonamides is 1. The second-order valence-electron chi connectivity index (χ2n) is 7.92. The summed E-state index contributed by atoms with van der Waals surface area (Å²) < 4.78 is 26.3. The third-order valence-corrected chi connectivity index (χ3v) is 8.26. The Balaban J connectivity index is 1.38. The number of amides is 1. The van der Waals surface area contributed by atoms with E-state index < -0.39 is 10.0 Å². The summed E-state index contributed by atoms with van der Waals surface area (Å²) in [5.41, 5.74) is 2.35. The van der Waals surface area contributed by atoms with Crippen LogP contribution in [0, 0.1) is 5.92 Å². The van der Waals surface area contributed by atoms with Crippen molar-refractivity contribution in [2.75, 3.05) is 50.4 Å². The van der Waals surface area contributed by atoms with Crippen molar-refractivity contribution in [3.63, 3.8) is 0 Å². The Morgan fingerprint density at radius 1 is 1.21 bits per heavy atom. The maximum atomic E-state index is 13.0. The summed E-state index contributed by atoms with van der Waals surface area (Å²) in [6.45, 7) is 5.82. The van der Waals surface area contributed by atoms with Crippen molar-refractivity contribution < 1.29 is 13.2 Å². The summed E-state index contributed by atoms with van der Waals surface area (Å²) >= 11 is 1.71. The number of carbonyl (C=O) groups is 1. The zero-order valence-corrected chi connectivity index (χ0v) is 18.6. The molecular formula is C20H28N4O3S2. The molecule has 0 bridgehead atoms. The molecule has 7 nitrogen and oxygen atoms in total. The van der Waals surface area contributed by atoms with E-state index in [0.717, 1.165) is 43.0 Å². The monoisotopic (exact) mass is 436 g/mol. The van der Waals surface area contributed by atoms with Crippen molar-refractivity contribution in [3.8, 4) is 0 Å². The largest absolute Gasteiger partial charge is 0.345 e. The van der Waals surface area contributed by atoms with E-state index in [-0.39, 0.29) is 11.8 Å². The first-order valence-electron chi connectivity index (χ1n) is 10.2. The van der Waals surface area contributed by atoms with Crippen molar-refractivity contribution in [2.24, 2.45) is 5.92 Å². The molecule has 0 N–H and O–H groups in total. The fraction of sp³-hybridized carbons (Fsp3) is 0.600. The molecule has 2 aliphatic rings. The number of fused-ring (bicyclic) bond motifs is 1. The molecule has 2 saturated heterocycles. The topological polar surface area (TPSA) is 73.8 Å². The first-order valence-corrected chi connectivity index (χ1v) is 12.9. The van der Waals surface area contributed by atoms with E-state index in [1.807, 2.05) is 4.90 Å². The van der Waals surface area contributed by atoms with Crippen LogP contribution >= 0.6 is 11.3 Å². The molecule has 3 heterocycles. The highest BCUT2D eigenvalue weighted by molar-refractivity contribution is 7.88. The van der Waals surface area contributed by atoms with Crippen LogP contribution < -0.4 is 4.90 Å². The quantitative estimate of drug-likeness (QED) is 0.735. The van der Waals surface area contributed by atoms with Gasteiger partial charge in [-0.1, -0.05) is 24.3 Å². The number of benzene rings is 1. The highest BCUT2D eigenvalue weighted by Gasteiger charge is 2.34. The van der Waals surface area contributed by atoms with Crippen LogP contribution in [0.2, 0.25) is 0 Å². The third kappa shape index (κ3) is 4.41. The number of piperazine rings is 1. The molecule has 158 valence electrons. The molecule has 0 spiro atoms. The smallest absolute Gasteiger partial charge is 0.227 e. The fourth-order valence-electron chi connectivity index (χ4n) is 4.13. The first kappa shape index (κ1) is 20.6. The number of nitrogens with zero attached hydrogens (tertiary/aromatic N) is 4. The van der Waals surface area contributed by atoms with Crippen molar-refractivity contribution in [3.05, 3.63) is 23.8 Å². The predicted molar refractivity (Wildman–Crippen MR) is 117 cm³/mol. The Morgan fingerprint density at radius 2 is 1.97 bits per heavy atom. The number of piperidine rings is 1. The molecule has 0 aliphatic carbocycles. The molecule has 9 heteroatoms. The second kappa shape index (κ2) is 8.20. The number of anilines is 1. The van der Waals surface area contributed by atoms with Crippen LogP contribution in [-0.4, -0.2) is 74.0 Å². The number of aryl methyl sites for hydroxylation is 1. The van der Waals surface area contributed by atoms with Gasteiger partial charge in [0.15, 0.2) is 5.13 Å². The lowest BCUT2D eigenvalue weighted by Crippen LogP contribution is -2.53. The van der Waals surface area contributed by atoms with E-state index in [2.05, 4.69) is 30.0 Å². The van der Waals surface area contributed by atoms with E-state index in [9.17, 15) is 13.2 Å². The van der Waals surface area contributed by atoms with E-state index in [4.69, 9.17) is 4.98 Å². The summed E-state index contributed by atoms with van der Waals surface area (Å²) in [6.07, 6.45) is 3.75. The lowest BCUT2D eigenvalue weighted by molar-refractivity contribution is -0.137. The number of carbonyl (C=O) groups excluding carboxylic acids is 1. The van der Waals surface area contributed by atoms with Crippen LogP contribution in [0.5, 0.6) is 0 Å². The average molecular weight is 437 g/mol. The van der Waals surface area contributed by atoms with Gasteiger partial charge in [0.05, 0.1) is 22.4 Å². The summed E-state index contributed by atoms with van der Waals surface area (Å²) in [5, 5.41) is 1.02. The van der Waals surface area contributed by atoms with Crippen LogP contribution in [0.15, 0.2) is 18.2 Å². The van der Waals surface area contributed by atoms with Crippen LogP contribution in [0.3, 0.4) is 0 Å². The maximum Gasteiger partial charge on any atom is 0.227 e. The van der Waals surface area contributed by atoms with Crippen LogP contribution in [0.1, 0.15) is 25.3 Å². The lowest BCUT2D eigenvalue weighted by Gasteiger charge is -2.38. The molecule has 1 amide bonds. The van der Waals surface area contributed by atoms with Gasteiger partial charge < -0.3 is 9.80 Å². The Labute approximate surface area is 176 Å². The van der Waals surface area contributed by atoms with Crippen LogP contribution in [0.4, 0.5) is 5.13 Å².